The van der Waals surface area contributed by atoms with Crippen molar-refractivity contribution >= 4 is 5.97 Å². The Bertz CT molecular complexity index is 444. The molecule has 0 radical (unpaired) electrons. The summed E-state index contributed by atoms with van der Waals surface area (Å²) in [5.74, 6) is -0.0156. The fraction of sp³-hybridized carbons (Fsp3) is 0.562. The van der Waals surface area contributed by atoms with E-state index in [4.69, 9.17) is 10.5 Å². The molecule has 19 heavy (non-hydrogen) atoms. The number of nitrogens with two attached hydrogens (primary N) is 1. The Morgan fingerprint density at radius 2 is 1.63 bits per heavy atom. The molecule has 3 aliphatic carbocycles. The molecule has 2 bridgehead atoms. The standard InChI is InChI=1S/C16H21NO2/c17-16-9-6-15(7-10-16,8-11-16)14(18)19-12-13-4-2-1-3-5-13/h1-5H,6-12,17H2. The maximum atomic E-state index is 12.4. The first-order valence-corrected chi connectivity index (χ1v) is 7.12. The normalized spacial score (nSPS) is 33.1. The molecule has 0 unspecified atom stereocenters. The van der Waals surface area contributed by atoms with Gasteiger partial charge < -0.3 is 10.5 Å². The first-order valence-electron chi connectivity index (χ1n) is 7.12. The number of ether oxygens (including phenoxy) is 1. The van der Waals surface area contributed by atoms with E-state index in [9.17, 15) is 4.79 Å². The number of fused-ring (bicyclic) bond motifs is 3. The Balaban J connectivity index is 1.62. The van der Waals surface area contributed by atoms with Crippen LogP contribution in [0.1, 0.15) is 44.1 Å². The molecule has 0 aromatic heterocycles. The van der Waals surface area contributed by atoms with Crippen molar-refractivity contribution in [2.75, 3.05) is 0 Å². The summed E-state index contributed by atoms with van der Waals surface area (Å²) < 4.78 is 5.54. The van der Waals surface area contributed by atoms with Crippen LogP contribution in [0.25, 0.3) is 0 Å². The van der Waals surface area contributed by atoms with Crippen LogP contribution >= 0.6 is 0 Å². The number of benzene rings is 1. The van der Waals surface area contributed by atoms with E-state index in [1.165, 1.54) is 0 Å². The first kappa shape index (κ1) is 12.7. The van der Waals surface area contributed by atoms with Gasteiger partial charge in [0.05, 0.1) is 5.41 Å². The van der Waals surface area contributed by atoms with E-state index in [0.717, 1.165) is 44.1 Å². The van der Waals surface area contributed by atoms with Gasteiger partial charge >= 0.3 is 5.97 Å². The second kappa shape index (κ2) is 4.64. The lowest BCUT2D eigenvalue weighted by Gasteiger charge is -2.50. The van der Waals surface area contributed by atoms with E-state index in [0.29, 0.717) is 6.61 Å². The summed E-state index contributed by atoms with van der Waals surface area (Å²) in [6.45, 7) is 0.384. The molecular weight excluding hydrogens is 238 g/mol. The molecular formula is C16H21NO2. The van der Waals surface area contributed by atoms with Crippen molar-refractivity contribution in [2.45, 2.75) is 50.7 Å². The van der Waals surface area contributed by atoms with Crippen molar-refractivity contribution in [1.82, 2.24) is 0 Å². The molecule has 0 saturated heterocycles. The van der Waals surface area contributed by atoms with Gasteiger partial charge in [-0.2, -0.15) is 0 Å². The summed E-state index contributed by atoms with van der Waals surface area (Å²) in [6, 6.07) is 9.86. The predicted molar refractivity (Wildman–Crippen MR) is 73.3 cm³/mol. The lowest BCUT2D eigenvalue weighted by molar-refractivity contribution is -0.164. The molecule has 0 atom stereocenters. The predicted octanol–water partition coefficient (Wildman–Crippen LogP) is 2.78. The number of esters is 1. The van der Waals surface area contributed by atoms with E-state index in [2.05, 4.69) is 0 Å². The molecule has 0 spiro atoms. The van der Waals surface area contributed by atoms with E-state index in [-0.39, 0.29) is 16.9 Å². The molecule has 3 heteroatoms. The van der Waals surface area contributed by atoms with Crippen LogP contribution in [0.15, 0.2) is 30.3 Å². The molecule has 0 heterocycles. The van der Waals surface area contributed by atoms with Crippen molar-refractivity contribution in [3.05, 3.63) is 35.9 Å². The van der Waals surface area contributed by atoms with Gasteiger partial charge in [-0.3, -0.25) is 4.79 Å². The summed E-state index contributed by atoms with van der Waals surface area (Å²) in [6.07, 6.45) is 5.60. The molecule has 1 aromatic carbocycles. The smallest absolute Gasteiger partial charge is 0.312 e. The Morgan fingerprint density at radius 1 is 1.05 bits per heavy atom. The number of rotatable bonds is 3. The molecule has 3 aliphatic rings. The fourth-order valence-electron chi connectivity index (χ4n) is 3.40. The molecule has 1 aromatic rings. The minimum Gasteiger partial charge on any atom is -0.460 e. The molecule has 3 fully saturated rings. The quantitative estimate of drug-likeness (QED) is 0.849. The summed E-state index contributed by atoms with van der Waals surface area (Å²) in [7, 11) is 0. The van der Waals surface area contributed by atoms with Crippen molar-refractivity contribution in [2.24, 2.45) is 11.1 Å². The SMILES string of the molecule is NC12CCC(C(=O)OCc3ccccc3)(CC1)CC2. The third-order valence-corrected chi connectivity index (χ3v) is 4.95. The number of hydrogen-bond acceptors (Lipinski definition) is 3. The Morgan fingerprint density at radius 3 is 2.21 bits per heavy atom. The Kier molecular flexibility index (Phi) is 3.09. The monoisotopic (exact) mass is 259 g/mol. The fourth-order valence-corrected chi connectivity index (χ4v) is 3.40. The molecule has 0 amide bonds. The van der Waals surface area contributed by atoms with Gasteiger partial charge in [-0.05, 0) is 44.1 Å². The van der Waals surface area contributed by atoms with Gasteiger partial charge in [0.2, 0.25) is 0 Å². The summed E-state index contributed by atoms with van der Waals surface area (Å²) in [5, 5.41) is 0. The molecule has 3 saturated carbocycles. The van der Waals surface area contributed by atoms with E-state index < -0.39 is 0 Å². The minimum atomic E-state index is -0.240. The van der Waals surface area contributed by atoms with Gasteiger partial charge in [-0.25, -0.2) is 0 Å². The first-order chi connectivity index (χ1) is 9.12. The molecule has 102 valence electrons. The van der Waals surface area contributed by atoms with Crippen molar-refractivity contribution < 1.29 is 9.53 Å². The molecule has 0 aliphatic heterocycles. The van der Waals surface area contributed by atoms with Crippen LogP contribution in [0.4, 0.5) is 0 Å². The highest BCUT2D eigenvalue weighted by Gasteiger charge is 2.51. The topological polar surface area (TPSA) is 52.3 Å². The zero-order valence-corrected chi connectivity index (χ0v) is 11.2. The van der Waals surface area contributed by atoms with Gasteiger partial charge in [0.1, 0.15) is 6.61 Å². The van der Waals surface area contributed by atoms with Gasteiger partial charge in [0, 0.05) is 5.54 Å². The average molecular weight is 259 g/mol. The van der Waals surface area contributed by atoms with Crippen LogP contribution in [-0.4, -0.2) is 11.5 Å². The van der Waals surface area contributed by atoms with Crippen molar-refractivity contribution in [3.8, 4) is 0 Å². The maximum absolute atomic E-state index is 12.4. The number of carbonyl (C=O) groups excluding carboxylic acids is 1. The van der Waals surface area contributed by atoms with Crippen LogP contribution in [-0.2, 0) is 16.1 Å². The Hall–Kier alpha value is -1.35. The lowest BCUT2D eigenvalue weighted by Crippen LogP contribution is -2.54. The molecule has 3 nitrogen and oxygen atoms in total. The highest BCUT2D eigenvalue weighted by atomic mass is 16.5. The van der Waals surface area contributed by atoms with Crippen LogP contribution in [0.5, 0.6) is 0 Å². The summed E-state index contributed by atoms with van der Waals surface area (Å²) in [4.78, 5) is 12.4. The van der Waals surface area contributed by atoms with Crippen LogP contribution in [0, 0.1) is 5.41 Å². The van der Waals surface area contributed by atoms with Crippen molar-refractivity contribution in [1.29, 1.82) is 0 Å². The van der Waals surface area contributed by atoms with Gasteiger partial charge in [0.15, 0.2) is 0 Å². The number of hydrogen-bond donors (Lipinski definition) is 1. The summed E-state index contributed by atoms with van der Waals surface area (Å²) in [5.41, 5.74) is 7.08. The number of carbonyl (C=O) groups is 1. The van der Waals surface area contributed by atoms with Crippen LogP contribution < -0.4 is 5.73 Å². The van der Waals surface area contributed by atoms with Gasteiger partial charge in [-0.15, -0.1) is 0 Å². The highest BCUT2D eigenvalue weighted by molar-refractivity contribution is 5.77. The van der Waals surface area contributed by atoms with Gasteiger partial charge in [0.25, 0.3) is 0 Å². The van der Waals surface area contributed by atoms with Crippen LogP contribution in [0.3, 0.4) is 0 Å². The van der Waals surface area contributed by atoms with Gasteiger partial charge in [-0.1, -0.05) is 30.3 Å². The molecule has 4 rings (SSSR count). The second-order valence-corrected chi connectivity index (χ2v) is 6.20. The lowest BCUT2D eigenvalue weighted by atomic mass is 9.57. The van der Waals surface area contributed by atoms with Crippen LogP contribution in [0.2, 0.25) is 0 Å². The third-order valence-electron chi connectivity index (χ3n) is 4.95. The Labute approximate surface area is 114 Å². The average Bonchev–Trinajstić information content (AvgIpc) is 2.47. The minimum absolute atomic E-state index is 0.00145. The zero-order chi connectivity index (χ0) is 13.3. The van der Waals surface area contributed by atoms with E-state index in [1.54, 1.807) is 0 Å². The highest BCUT2D eigenvalue weighted by Crippen LogP contribution is 2.51. The molecule has 2 N–H and O–H groups in total. The largest absolute Gasteiger partial charge is 0.460 e. The zero-order valence-electron chi connectivity index (χ0n) is 11.2. The summed E-state index contributed by atoms with van der Waals surface area (Å²) >= 11 is 0. The third kappa shape index (κ3) is 2.39. The van der Waals surface area contributed by atoms with E-state index in [1.807, 2.05) is 30.3 Å². The maximum Gasteiger partial charge on any atom is 0.312 e. The van der Waals surface area contributed by atoms with E-state index >= 15 is 0 Å². The second-order valence-electron chi connectivity index (χ2n) is 6.20. The van der Waals surface area contributed by atoms with Crippen molar-refractivity contribution in [3.63, 3.8) is 0 Å².